The third-order valence-corrected chi connectivity index (χ3v) is 9.12. The lowest BCUT2D eigenvalue weighted by Gasteiger charge is -2.31. The molecule has 0 saturated carbocycles. The molecule has 3 rings (SSSR count). The standard InChI is InChI=1S/C19H26N4O6S2/c1-13-18(14(2)29-21-13)31(27,28)23-10-6-7-15(12-23)19(24)20-16-8-5-9-17(11-16)30(25,26)22(3)4/h5,8-9,11,15H,6-7,10,12H2,1-4H3,(H,20,24)/t15-/m1/s1. The van der Waals surface area contributed by atoms with Gasteiger partial charge in [-0.25, -0.2) is 21.1 Å². The molecule has 1 aliphatic heterocycles. The largest absolute Gasteiger partial charge is 0.360 e. The molecule has 1 aromatic carbocycles. The number of hydrogen-bond acceptors (Lipinski definition) is 7. The first-order valence-corrected chi connectivity index (χ1v) is 12.6. The van der Waals surface area contributed by atoms with Crippen molar-refractivity contribution in [3.05, 3.63) is 35.7 Å². The number of aryl methyl sites for hydroxylation is 2. The van der Waals surface area contributed by atoms with Crippen LogP contribution in [0.2, 0.25) is 0 Å². The summed E-state index contributed by atoms with van der Waals surface area (Å²) in [6.07, 6.45) is 1.05. The number of rotatable bonds is 6. The number of aromatic nitrogens is 1. The summed E-state index contributed by atoms with van der Waals surface area (Å²) in [5, 5.41) is 6.43. The Morgan fingerprint density at radius 2 is 1.94 bits per heavy atom. The Labute approximate surface area is 182 Å². The van der Waals surface area contributed by atoms with Crippen molar-refractivity contribution in [1.82, 2.24) is 13.8 Å². The van der Waals surface area contributed by atoms with Gasteiger partial charge in [-0.1, -0.05) is 11.2 Å². The van der Waals surface area contributed by atoms with Gasteiger partial charge >= 0.3 is 0 Å². The molecule has 31 heavy (non-hydrogen) atoms. The summed E-state index contributed by atoms with van der Waals surface area (Å²) in [6, 6.07) is 5.97. The van der Waals surface area contributed by atoms with E-state index in [-0.39, 0.29) is 33.7 Å². The number of nitrogens with zero attached hydrogens (tertiary/aromatic N) is 3. The molecule has 1 aromatic heterocycles. The molecule has 10 nitrogen and oxygen atoms in total. The van der Waals surface area contributed by atoms with Crippen molar-refractivity contribution in [3.8, 4) is 0 Å². The van der Waals surface area contributed by atoms with Gasteiger partial charge in [-0.15, -0.1) is 0 Å². The van der Waals surface area contributed by atoms with E-state index < -0.39 is 26.0 Å². The average molecular weight is 471 g/mol. The molecular formula is C19H26N4O6S2. The van der Waals surface area contributed by atoms with E-state index in [1.807, 2.05) is 0 Å². The minimum Gasteiger partial charge on any atom is -0.360 e. The number of hydrogen-bond donors (Lipinski definition) is 1. The summed E-state index contributed by atoms with van der Waals surface area (Å²) >= 11 is 0. The van der Waals surface area contributed by atoms with Crippen LogP contribution in [0, 0.1) is 19.8 Å². The first-order valence-electron chi connectivity index (χ1n) is 9.71. The number of carbonyl (C=O) groups is 1. The van der Waals surface area contributed by atoms with Crippen LogP contribution in [0.4, 0.5) is 5.69 Å². The molecule has 0 spiro atoms. The highest BCUT2D eigenvalue weighted by Gasteiger charge is 2.36. The Hall–Kier alpha value is -2.28. The highest BCUT2D eigenvalue weighted by atomic mass is 32.2. The number of amides is 1. The van der Waals surface area contributed by atoms with Crippen molar-refractivity contribution in [2.24, 2.45) is 5.92 Å². The van der Waals surface area contributed by atoms with Crippen LogP contribution in [0.25, 0.3) is 0 Å². The van der Waals surface area contributed by atoms with Crippen LogP contribution in [0.15, 0.2) is 38.6 Å². The Morgan fingerprint density at radius 3 is 2.55 bits per heavy atom. The molecule has 0 aliphatic carbocycles. The summed E-state index contributed by atoms with van der Waals surface area (Å²) in [6.45, 7) is 3.42. The van der Waals surface area contributed by atoms with E-state index >= 15 is 0 Å². The molecule has 0 unspecified atom stereocenters. The molecule has 1 aliphatic rings. The number of anilines is 1. The molecule has 2 heterocycles. The van der Waals surface area contributed by atoms with E-state index in [4.69, 9.17) is 4.52 Å². The summed E-state index contributed by atoms with van der Waals surface area (Å²) in [4.78, 5) is 12.9. The Bertz CT molecular complexity index is 1170. The van der Waals surface area contributed by atoms with E-state index in [1.54, 1.807) is 19.1 Å². The zero-order valence-corrected chi connectivity index (χ0v) is 19.5. The molecule has 0 radical (unpaired) electrons. The van der Waals surface area contributed by atoms with Crippen molar-refractivity contribution >= 4 is 31.6 Å². The molecule has 12 heteroatoms. The molecule has 1 amide bonds. The fourth-order valence-electron chi connectivity index (χ4n) is 3.54. The van der Waals surface area contributed by atoms with E-state index in [9.17, 15) is 21.6 Å². The first kappa shape index (κ1) is 23.4. The van der Waals surface area contributed by atoms with Gasteiger partial charge in [0.15, 0.2) is 5.76 Å². The predicted molar refractivity (Wildman–Crippen MR) is 113 cm³/mol. The van der Waals surface area contributed by atoms with Crippen LogP contribution in [0.1, 0.15) is 24.3 Å². The Morgan fingerprint density at radius 1 is 1.23 bits per heavy atom. The van der Waals surface area contributed by atoms with Crippen molar-refractivity contribution in [2.75, 3.05) is 32.5 Å². The molecule has 1 fully saturated rings. The first-order chi connectivity index (χ1) is 14.4. The molecule has 1 atom stereocenters. The highest BCUT2D eigenvalue weighted by Crippen LogP contribution is 2.28. The zero-order chi connectivity index (χ0) is 23.0. The molecule has 1 saturated heterocycles. The van der Waals surface area contributed by atoms with Gasteiger partial charge in [-0.05, 0) is 44.9 Å². The molecule has 170 valence electrons. The van der Waals surface area contributed by atoms with E-state index in [0.29, 0.717) is 25.1 Å². The lowest BCUT2D eigenvalue weighted by atomic mass is 9.99. The lowest BCUT2D eigenvalue weighted by molar-refractivity contribution is -0.120. The number of nitrogens with one attached hydrogen (secondary N) is 1. The highest BCUT2D eigenvalue weighted by molar-refractivity contribution is 7.89. The van der Waals surface area contributed by atoms with Gasteiger partial charge in [-0.3, -0.25) is 4.79 Å². The molecule has 0 bridgehead atoms. The van der Waals surface area contributed by atoms with Crippen LogP contribution in [-0.4, -0.2) is 63.7 Å². The third-order valence-electron chi connectivity index (χ3n) is 5.20. The van der Waals surface area contributed by atoms with E-state index in [0.717, 1.165) is 4.31 Å². The second-order valence-corrected chi connectivity index (χ2v) is 11.7. The number of sulfonamides is 2. The maximum absolute atomic E-state index is 13.1. The molecule has 2 aromatic rings. The SMILES string of the molecule is Cc1noc(C)c1S(=O)(=O)N1CCC[C@@H](C(=O)Nc2cccc(S(=O)(=O)N(C)C)c2)C1. The predicted octanol–water partition coefficient (Wildman–Crippen LogP) is 1.58. The van der Waals surface area contributed by atoms with Gasteiger partial charge in [0.2, 0.25) is 26.0 Å². The zero-order valence-electron chi connectivity index (χ0n) is 17.8. The van der Waals surface area contributed by atoms with Crippen molar-refractivity contribution in [2.45, 2.75) is 36.5 Å². The Balaban J connectivity index is 1.77. The minimum absolute atomic E-state index is 0.0217. The summed E-state index contributed by atoms with van der Waals surface area (Å²) in [5.41, 5.74) is 0.613. The summed E-state index contributed by atoms with van der Waals surface area (Å²) < 4.78 is 58.1. The molecule has 1 N–H and O–H groups in total. The normalized spacial score (nSPS) is 18.3. The van der Waals surface area contributed by atoms with Crippen molar-refractivity contribution in [1.29, 1.82) is 0 Å². The van der Waals surface area contributed by atoms with Gasteiger partial charge in [0.25, 0.3) is 0 Å². The number of benzene rings is 1. The topological polar surface area (TPSA) is 130 Å². The average Bonchev–Trinajstić information content (AvgIpc) is 3.07. The quantitative estimate of drug-likeness (QED) is 0.678. The fraction of sp³-hybridized carbons (Fsp3) is 0.474. The van der Waals surface area contributed by atoms with E-state index in [1.165, 1.54) is 37.5 Å². The third kappa shape index (κ3) is 4.66. The van der Waals surface area contributed by atoms with E-state index in [2.05, 4.69) is 10.5 Å². The van der Waals surface area contributed by atoms with Crippen molar-refractivity contribution in [3.63, 3.8) is 0 Å². The monoisotopic (exact) mass is 470 g/mol. The van der Waals surface area contributed by atoms with Gasteiger partial charge in [0.1, 0.15) is 10.6 Å². The number of carbonyl (C=O) groups excluding carboxylic acids is 1. The second kappa shape index (κ2) is 8.69. The van der Waals surface area contributed by atoms with Gasteiger partial charge < -0.3 is 9.84 Å². The number of piperidine rings is 1. The molecular weight excluding hydrogens is 444 g/mol. The van der Waals surface area contributed by atoms with Crippen LogP contribution < -0.4 is 5.32 Å². The smallest absolute Gasteiger partial charge is 0.248 e. The summed E-state index contributed by atoms with van der Waals surface area (Å²) in [7, 11) is -4.63. The lowest BCUT2D eigenvalue weighted by Crippen LogP contribution is -2.43. The van der Waals surface area contributed by atoms with Crippen molar-refractivity contribution < 1.29 is 26.2 Å². The maximum atomic E-state index is 13.1. The Kier molecular flexibility index (Phi) is 6.56. The van der Waals surface area contributed by atoms with Gasteiger partial charge in [-0.2, -0.15) is 4.31 Å². The summed E-state index contributed by atoms with van der Waals surface area (Å²) in [5.74, 6) is -0.723. The van der Waals surface area contributed by atoms with Gasteiger partial charge in [0.05, 0.1) is 10.8 Å². The second-order valence-electron chi connectivity index (χ2n) is 7.66. The van der Waals surface area contributed by atoms with Crippen LogP contribution >= 0.6 is 0 Å². The van der Waals surface area contributed by atoms with Gasteiger partial charge in [0, 0.05) is 32.9 Å². The minimum atomic E-state index is -3.84. The van der Waals surface area contributed by atoms with Crippen LogP contribution in [0.5, 0.6) is 0 Å². The van der Waals surface area contributed by atoms with Crippen LogP contribution in [-0.2, 0) is 24.8 Å². The maximum Gasteiger partial charge on any atom is 0.248 e. The van der Waals surface area contributed by atoms with Crippen LogP contribution in [0.3, 0.4) is 0 Å². The fourth-order valence-corrected chi connectivity index (χ4v) is 6.30.